The van der Waals surface area contributed by atoms with E-state index in [2.05, 4.69) is 78.1 Å². The number of anilines is 1. The van der Waals surface area contributed by atoms with Gasteiger partial charge in [0.1, 0.15) is 0 Å². The van der Waals surface area contributed by atoms with Crippen molar-refractivity contribution in [2.45, 2.75) is 25.3 Å². The van der Waals surface area contributed by atoms with E-state index < -0.39 is 0 Å². The third kappa shape index (κ3) is 3.11. The minimum Gasteiger partial charge on any atom is -0.378 e. The molecule has 20 heavy (non-hydrogen) atoms. The summed E-state index contributed by atoms with van der Waals surface area (Å²) in [5.41, 5.74) is 2.56. The van der Waals surface area contributed by atoms with Crippen LogP contribution in [-0.2, 0) is 0 Å². The van der Waals surface area contributed by atoms with Crippen LogP contribution in [0.5, 0.6) is 0 Å². The third-order valence-corrected chi connectivity index (χ3v) is 3.97. The number of rotatable bonds is 4. The number of nitrogens with one attached hydrogen (secondary N) is 1. The zero-order chi connectivity index (χ0) is 13.6. The van der Waals surface area contributed by atoms with Crippen LogP contribution in [-0.4, -0.2) is 0 Å². The smallest absolute Gasteiger partial charge is 0.0576 e. The summed E-state index contributed by atoms with van der Waals surface area (Å²) in [5.74, 6) is 0.575. The highest BCUT2D eigenvalue weighted by Gasteiger charge is 2.22. The molecule has 0 radical (unpaired) electrons. The average Bonchev–Trinajstić information content (AvgIpc) is 2.55. The van der Waals surface area contributed by atoms with Crippen molar-refractivity contribution in [1.29, 1.82) is 0 Å². The summed E-state index contributed by atoms with van der Waals surface area (Å²) >= 11 is 0. The van der Waals surface area contributed by atoms with Gasteiger partial charge in [0.15, 0.2) is 0 Å². The first-order chi connectivity index (χ1) is 9.93. The fourth-order valence-corrected chi connectivity index (χ4v) is 2.93. The fraction of sp³-hybridized carbons (Fsp3) is 0.263. The second-order valence-electron chi connectivity index (χ2n) is 5.42. The molecule has 1 nitrogen and oxygen atoms in total. The maximum Gasteiger partial charge on any atom is 0.0576 e. The average molecular weight is 263 g/mol. The third-order valence-electron chi connectivity index (χ3n) is 3.97. The molecule has 1 heteroatoms. The molecule has 1 aliphatic carbocycles. The van der Waals surface area contributed by atoms with E-state index in [1.807, 2.05) is 0 Å². The molecule has 0 saturated heterocycles. The standard InChI is InChI=1S/C19H21N/c1-4-10-16(11-5-1)19(17-12-6-2-7-13-17)20-18-14-8-3-9-15-18/h1,3-6,8-12,14-15,17,19-20H,2,7,13H2. The number of hydrogen-bond donors (Lipinski definition) is 1. The van der Waals surface area contributed by atoms with Gasteiger partial charge in [-0.05, 0) is 37.0 Å². The molecule has 2 atom stereocenters. The van der Waals surface area contributed by atoms with E-state index in [1.54, 1.807) is 0 Å². The molecule has 0 bridgehead atoms. The lowest BCUT2D eigenvalue weighted by molar-refractivity contribution is 0.478. The minimum absolute atomic E-state index is 0.357. The SMILES string of the molecule is C1=CC(C(Nc2ccccc2)c2ccccc2)CCC1. The number of hydrogen-bond acceptors (Lipinski definition) is 1. The van der Waals surface area contributed by atoms with Crippen molar-refractivity contribution in [3.8, 4) is 0 Å². The quantitative estimate of drug-likeness (QED) is 0.748. The summed E-state index contributed by atoms with van der Waals surface area (Å²) in [7, 11) is 0. The van der Waals surface area contributed by atoms with Crippen molar-refractivity contribution < 1.29 is 0 Å². The van der Waals surface area contributed by atoms with Gasteiger partial charge in [0.2, 0.25) is 0 Å². The van der Waals surface area contributed by atoms with Gasteiger partial charge in [-0.3, -0.25) is 0 Å². The van der Waals surface area contributed by atoms with Gasteiger partial charge in [0.25, 0.3) is 0 Å². The molecule has 2 aromatic rings. The van der Waals surface area contributed by atoms with Gasteiger partial charge in [-0.1, -0.05) is 60.7 Å². The Morgan fingerprint density at radius 1 is 0.900 bits per heavy atom. The monoisotopic (exact) mass is 263 g/mol. The van der Waals surface area contributed by atoms with E-state index in [1.165, 1.54) is 30.5 Å². The summed E-state index contributed by atoms with van der Waals surface area (Å²) in [6.07, 6.45) is 8.49. The molecule has 1 N–H and O–H groups in total. The Kier molecular flexibility index (Phi) is 4.17. The molecular weight excluding hydrogens is 242 g/mol. The predicted octanol–water partition coefficient (Wildman–Crippen LogP) is 5.20. The summed E-state index contributed by atoms with van der Waals surface area (Å²) in [5, 5.41) is 3.71. The number of para-hydroxylation sites is 1. The van der Waals surface area contributed by atoms with E-state index in [0.29, 0.717) is 12.0 Å². The summed E-state index contributed by atoms with van der Waals surface area (Å²) < 4.78 is 0. The maximum absolute atomic E-state index is 3.71. The molecule has 1 aliphatic rings. The van der Waals surface area contributed by atoms with E-state index >= 15 is 0 Å². The molecule has 2 unspecified atom stereocenters. The van der Waals surface area contributed by atoms with E-state index in [-0.39, 0.29) is 0 Å². The zero-order valence-electron chi connectivity index (χ0n) is 11.7. The molecule has 0 saturated carbocycles. The Morgan fingerprint density at radius 2 is 1.60 bits per heavy atom. The van der Waals surface area contributed by atoms with Gasteiger partial charge in [-0.25, -0.2) is 0 Å². The zero-order valence-corrected chi connectivity index (χ0v) is 11.7. The molecule has 0 aromatic heterocycles. The van der Waals surface area contributed by atoms with Crippen molar-refractivity contribution in [3.63, 3.8) is 0 Å². The van der Waals surface area contributed by atoms with Crippen LogP contribution in [0.15, 0.2) is 72.8 Å². The van der Waals surface area contributed by atoms with Crippen molar-refractivity contribution in [2.75, 3.05) is 5.32 Å². The number of benzene rings is 2. The van der Waals surface area contributed by atoms with Gasteiger partial charge >= 0.3 is 0 Å². The Hall–Kier alpha value is -2.02. The van der Waals surface area contributed by atoms with Crippen LogP contribution in [0.4, 0.5) is 5.69 Å². The second kappa shape index (κ2) is 6.42. The molecule has 0 heterocycles. The van der Waals surface area contributed by atoms with Crippen LogP contribution in [0.1, 0.15) is 30.9 Å². The molecular formula is C19H21N. The molecule has 2 aromatic carbocycles. The van der Waals surface area contributed by atoms with Crippen LogP contribution < -0.4 is 5.32 Å². The van der Waals surface area contributed by atoms with E-state index in [4.69, 9.17) is 0 Å². The highest BCUT2D eigenvalue weighted by molar-refractivity contribution is 5.45. The van der Waals surface area contributed by atoms with E-state index in [0.717, 1.165) is 0 Å². The highest BCUT2D eigenvalue weighted by Crippen LogP contribution is 2.33. The molecule has 0 spiro atoms. The van der Waals surface area contributed by atoms with Crippen LogP contribution >= 0.6 is 0 Å². The first-order valence-electron chi connectivity index (χ1n) is 7.47. The summed E-state index contributed by atoms with van der Waals surface area (Å²) in [6, 6.07) is 21.7. The largest absolute Gasteiger partial charge is 0.378 e. The lowest BCUT2D eigenvalue weighted by Crippen LogP contribution is -2.21. The predicted molar refractivity (Wildman–Crippen MR) is 85.7 cm³/mol. The minimum atomic E-state index is 0.357. The Labute approximate surface area is 121 Å². The number of allylic oxidation sites excluding steroid dienone is 1. The fourth-order valence-electron chi connectivity index (χ4n) is 2.93. The van der Waals surface area contributed by atoms with Crippen LogP contribution in [0, 0.1) is 5.92 Å². The molecule has 0 aliphatic heterocycles. The van der Waals surface area contributed by atoms with Gasteiger partial charge < -0.3 is 5.32 Å². The summed E-state index contributed by atoms with van der Waals surface area (Å²) in [6.45, 7) is 0. The Morgan fingerprint density at radius 3 is 2.25 bits per heavy atom. The van der Waals surface area contributed by atoms with Crippen LogP contribution in [0.3, 0.4) is 0 Å². The molecule has 3 rings (SSSR count). The summed E-state index contributed by atoms with van der Waals surface area (Å²) in [4.78, 5) is 0. The normalized spacial score (nSPS) is 19.5. The molecule has 102 valence electrons. The van der Waals surface area contributed by atoms with E-state index in [9.17, 15) is 0 Å². The van der Waals surface area contributed by atoms with Crippen molar-refractivity contribution in [1.82, 2.24) is 0 Å². The molecule has 0 amide bonds. The highest BCUT2D eigenvalue weighted by atomic mass is 14.9. The lowest BCUT2D eigenvalue weighted by Gasteiger charge is -2.29. The van der Waals surface area contributed by atoms with Gasteiger partial charge in [-0.15, -0.1) is 0 Å². The van der Waals surface area contributed by atoms with Crippen LogP contribution in [0.25, 0.3) is 0 Å². The first-order valence-corrected chi connectivity index (χ1v) is 7.47. The Balaban J connectivity index is 1.87. The second-order valence-corrected chi connectivity index (χ2v) is 5.42. The Bertz CT molecular complexity index is 544. The van der Waals surface area contributed by atoms with Crippen LogP contribution in [0.2, 0.25) is 0 Å². The molecule has 0 fully saturated rings. The van der Waals surface area contributed by atoms with Gasteiger partial charge in [0, 0.05) is 11.6 Å². The van der Waals surface area contributed by atoms with Gasteiger partial charge in [-0.2, -0.15) is 0 Å². The topological polar surface area (TPSA) is 12.0 Å². The first kappa shape index (κ1) is 13.0. The van der Waals surface area contributed by atoms with Crippen molar-refractivity contribution >= 4 is 5.69 Å². The van der Waals surface area contributed by atoms with Gasteiger partial charge in [0.05, 0.1) is 6.04 Å². The maximum atomic E-state index is 3.71. The van der Waals surface area contributed by atoms with Crippen molar-refractivity contribution in [3.05, 3.63) is 78.4 Å². The lowest BCUT2D eigenvalue weighted by atomic mass is 9.85. The van der Waals surface area contributed by atoms with Crippen molar-refractivity contribution in [2.24, 2.45) is 5.92 Å².